The van der Waals surface area contributed by atoms with Gasteiger partial charge in [0.1, 0.15) is 13.1 Å². The Morgan fingerprint density at radius 3 is 2.69 bits per heavy atom. The molecule has 0 N–H and O–H groups in total. The molecule has 1 fully saturated rings. The molecule has 0 spiro atoms. The fourth-order valence-electron chi connectivity index (χ4n) is 3.57. The Bertz CT molecular complexity index is 916. The van der Waals surface area contributed by atoms with Gasteiger partial charge in [0.2, 0.25) is 11.9 Å². The van der Waals surface area contributed by atoms with Gasteiger partial charge in [-0.15, -0.1) is 10.1 Å². The maximum absolute atomic E-state index is 12.7. The summed E-state index contributed by atoms with van der Waals surface area (Å²) in [4.78, 5) is 32.2. The van der Waals surface area contributed by atoms with Crippen molar-refractivity contribution in [2.24, 2.45) is 10.1 Å². The largest absolute Gasteiger partial charge is 0.417 e. The number of amides is 3. The first-order chi connectivity index (χ1) is 12.4. The molecule has 1 unspecified atom stereocenters. The van der Waals surface area contributed by atoms with Gasteiger partial charge >= 0.3 is 12.0 Å². The number of carbonyl (C=O) groups is 2. The number of fused-ring (bicyclic) bond motifs is 2. The van der Waals surface area contributed by atoms with Gasteiger partial charge in [-0.05, 0) is 19.4 Å². The average molecular weight is 353 g/mol. The monoisotopic (exact) mass is 353 g/mol. The lowest BCUT2D eigenvalue weighted by atomic mass is 10.1. The van der Waals surface area contributed by atoms with Crippen molar-refractivity contribution in [1.82, 2.24) is 14.8 Å². The number of benzene rings is 1. The Hall–Kier alpha value is -3.03. The third-order valence-electron chi connectivity index (χ3n) is 4.85. The Balaban J connectivity index is 1.73. The Morgan fingerprint density at radius 1 is 1.19 bits per heavy atom. The normalized spacial score (nSPS) is 22.5. The van der Waals surface area contributed by atoms with Crippen LogP contribution in [0, 0.1) is 6.92 Å². The summed E-state index contributed by atoms with van der Waals surface area (Å²) < 4.78 is 1.93. The molecule has 0 radical (unpaired) electrons. The van der Waals surface area contributed by atoms with E-state index in [1.165, 1.54) is 17.5 Å². The summed E-state index contributed by atoms with van der Waals surface area (Å²) in [5.74, 6) is 0.819. The Kier molecular flexibility index (Phi) is 3.64. The zero-order chi connectivity index (χ0) is 18.6. The summed E-state index contributed by atoms with van der Waals surface area (Å²) >= 11 is 0. The minimum atomic E-state index is -0.580. The van der Waals surface area contributed by atoms with E-state index in [4.69, 9.17) is 0 Å². The number of hydrogen-bond acceptors (Lipinski definition) is 5. The summed E-state index contributed by atoms with van der Waals surface area (Å²) in [5, 5.41) is 6.44. The fraction of sp³-hybridized carbons (Fsp3) is 0.389. The molecular weight excluding hydrogens is 332 g/mol. The van der Waals surface area contributed by atoms with Crippen molar-refractivity contribution in [3.8, 4) is 0 Å². The molecule has 3 aliphatic rings. The van der Waals surface area contributed by atoms with Crippen molar-refractivity contribution in [1.29, 1.82) is 0 Å². The van der Waals surface area contributed by atoms with Crippen LogP contribution in [0.5, 0.6) is 0 Å². The highest BCUT2D eigenvalue weighted by Crippen LogP contribution is 2.23. The summed E-state index contributed by atoms with van der Waals surface area (Å²) in [5.41, 5.74) is 3.18. The lowest BCUT2D eigenvalue weighted by molar-refractivity contribution is -0.528. The van der Waals surface area contributed by atoms with Gasteiger partial charge < -0.3 is 0 Å². The average Bonchev–Trinajstić information content (AvgIpc) is 2.98. The summed E-state index contributed by atoms with van der Waals surface area (Å²) in [7, 11) is 3.15. The van der Waals surface area contributed by atoms with E-state index in [0.29, 0.717) is 24.9 Å². The topological polar surface area (TPSA) is 71.6 Å². The van der Waals surface area contributed by atoms with Gasteiger partial charge in [-0.1, -0.05) is 34.8 Å². The lowest BCUT2D eigenvalue weighted by Crippen LogP contribution is -2.62. The maximum Gasteiger partial charge on any atom is 0.417 e. The van der Waals surface area contributed by atoms with Crippen molar-refractivity contribution in [3.05, 3.63) is 35.4 Å². The third-order valence-corrected chi connectivity index (χ3v) is 4.85. The second-order valence-corrected chi connectivity index (χ2v) is 6.92. The first-order valence-corrected chi connectivity index (χ1v) is 8.51. The Morgan fingerprint density at radius 2 is 1.96 bits per heavy atom. The predicted octanol–water partition coefficient (Wildman–Crippen LogP) is 0.860. The van der Waals surface area contributed by atoms with Crippen LogP contribution in [-0.2, 0) is 11.3 Å². The van der Waals surface area contributed by atoms with E-state index in [0.717, 1.165) is 16.2 Å². The van der Waals surface area contributed by atoms with Crippen LogP contribution in [0.4, 0.5) is 4.79 Å². The predicted molar refractivity (Wildman–Crippen MR) is 97.1 cm³/mol. The molecular formula is C18H21N6O2+. The molecule has 134 valence electrons. The van der Waals surface area contributed by atoms with Crippen molar-refractivity contribution in [3.63, 3.8) is 0 Å². The molecule has 1 saturated heterocycles. The van der Waals surface area contributed by atoms with Crippen LogP contribution >= 0.6 is 0 Å². The molecule has 1 aromatic carbocycles. The summed E-state index contributed by atoms with van der Waals surface area (Å²) in [6, 6.07) is 7.26. The number of likely N-dealkylation sites (N-methyl/N-ethyl adjacent to an activating group) is 2. The highest BCUT2D eigenvalue weighted by molar-refractivity contribution is 6.23. The van der Waals surface area contributed by atoms with Crippen molar-refractivity contribution >= 4 is 29.4 Å². The highest BCUT2D eigenvalue weighted by atomic mass is 16.2. The van der Waals surface area contributed by atoms with Gasteiger partial charge in [-0.3, -0.25) is 14.6 Å². The van der Waals surface area contributed by atoms with Crippen LogP contribution in [0.2, 0.25) is 0 Å². The zero-order valence-electron chi connectivity index (χ0n) is 15.3. The molecule has 3 amide bonds. The van der Waals surface area contributed by atoms with E-state index >= 15 is 0 Å². The molecule has 1 aromatic rings. The number of nitrogens with zero attached hydrogens (tertiary/aromatic N) is 6. The fourth-order valence-corrected chi connectivity index (χ4v) is 3.57. The minimum absolute atomic E-state index is 0.257. The van der Waals surface area contributed by atoms with Gasteiger partial charge in [0, 0.05) is 14.1 Å². The number of rotatable bonds is 2. The summed E-state index contributed by atoms with van der Waals surface area (Å²) in [6.45, 7) is 5.05. The van der Waals surface area contributed by atoms with Crippen molar-refractivity contribution in [2.45, 2.75) is 26.4 Å². The van der Waals surface area contributed by atoms with Crippen LogP contribution in [0.3, 0.4) is 0 Å². The van der Waals surface area contributed by atoms with Gasteiger partial charge in [0.05, 0.1) is 5.71 Å². The number of carbonyl (C=O) groups excluding carboxylic acids is 2. The number of urea groups is 1. The van der Waals surface area contributed by atoms with E-state index in [-0.39, 0.29) is 11.9 Å². The number of aliphatic imine (C=N–C) groups is 1. The number of hydrogen-bond donors (Lipinski definition) is 0. The molecule has 0 bridgehead atoms. The number of imide groups is 1. The molecule has 26 heavy (non-hydrogen) atoms. The van der Waals surface area contributed by atoms with E-state index in [9.17, 15) is 9.59 Å². The van der Waals surface area contributed by atoms with E-state index in [1.807, 2.05) is 41.6 Å². The van der Waals surface area contributed by atoms with E-state index < -0.39 is 6.04 Å². The van der Waals surface area contributed by atoms with Crippen LogP contribution in [0.1, 0.15) is 18.1 Å². The van der Waals surface area contributed by atoms with Crippen LogP contribution in [-0.4, -0.2) is 75.5 Å². The molecule has 8 heteroatoms. The lowest BCUT2D eigenvalue weighted by Gasteiger charge is -2.32. The number of hydrazone groups is 1. The smallest absolute Gasteiger partial charge is 0.270 e. The molecule has 3 heterocycles. The minimum Gasteiger partial charge on any atom is -0.270 e. The molecule has 0 aliphatic carbocycles. The highest BCUT2D eigenvalue weighted by Gasteiger charge is 2.53. The molecule has 0 saturated carbocycles. The molecule has 0 aromatic heterocycles. The van der Waals surface area contributed by atoms with Crippen LogP contribution < -0.4 is 0 Å². The van der Waals surface area contributed by atoms with Gasteiger partial charge in [-0.2, -0.15) is 0 Å². The quantitative estimate of drug-likeness (QED) is 0.741. The first kappa shape index (κ1) is 16.4. The third kappa shape index (κ3) is 2.40. The SMILES string of the molecule is CC1=NN(Cc2cccc(C)c2)C2=[N+](C1)C1C(=O)N(C)C(=O)N(C)C1=N2. The molecule has 4 rings (SSSR count). The summed E-state index contributed by atoms with van der Waals surface area (Å²) in [6.07, 6.45) is 0. The van der Waals surface area contributed by atoms with Gasteiger partial charge in [0.25, 0.3) is 5.91 Å². The van der Waals surface area contributed by atoms with E-state index in [2.05, 4.69) is 16.2 Å². The number of guanidine groups is 1. The maximum atomic E-state index is 12.7. The second-order valence-electron chi connectivity index (χ2n) is 6.92. The van der Waals surface area contributed by atoms with Crippen LogP contribution in [0.15, 0.2) is 34.4 Å². The second kappa shape index (κ2) is 5.76. The first-order valence-electron chi connectivity index (χ1n) is 8.51. The van der Waals surface area contributed by atoms with E-state index in [1.54, 1.807) is 7.05 Å². The number of amidine groups is 1. The molecule has 3 aliphatic heterocycles. The van der Waals surface area contributed by atoms with Gasteiger partial charge in [0.15, 0.2) is 0 Å². The van der Waals surface area contributed by atoms with Gasteiger partial charge in [-0.25, -0.2) is 9.37 Å². The molecule has 8 nitrogen and oxygen atoms in total. The standard InChI is InChI=1S/C18H21N6O2/c1-11-6-5-7-13(8-11)10-24-17-19-15-14(23(17)9-12(2)20-24)16(25)22(4)18(26)21(15)3/h5-8,14H,9-10H2,1-4H3/q+1. The zero-order valence-corrected chi connectivity index (χ0v) is 15.3. The van der Waals surface area contributed by atoms with Crippen LogP contribution in [0.25, 0.3) is 0 Å². The van der Waals surface area contributed by atoms with Crippen molar-refractivity contribution < 1.29 is 14.2 Å². The Labute approximate surface area is 151 Å². The molecule has 1 atom stereocenters. The number of aryl methyl sites for hydroxylation is 1. The van der Waals surface area contributed by atoms with Crippen molar-refractivity contribution in [2.75, 3.05) is 20.6 Å².